The van der Waals surface area contributed by atoms with Gasteiger partial charge in [0.2, 0.25) is 0 Å². The minimum absolute atomic E-state index is 0. The monoisotopic (exact) mass is 538 g/mol. The number of likely N-dealkylation sites (tertiary alicyclic amines) is 1. The lowest BCUT2D eigenvalue weighted by Crippen LogP contribution is -2.40. The molecule has 6 nitrogen and oxygen atoms in total. The first kappa shape index (κ1) is 25.3. The Labute approximate surface area is 203 Å². The van der Waals surface area contributed by atoms with E-state index in [-0.39, 0.29) is 24.0 Å². The Hall–Kier alpha value is -2.00. The van der Waals surface area contributed by atoms with Crippen molar-refractivity contribution in [3.8, 4) is 11.5 Å². The number of ether oxygens (including phenoxy) is 2. The topological polar surface area (TPSA) is 58.1 Å². The molecule has 2 aromatic carbocycles. The summed E-state index contributed by atoms with van der Waals surface area (Å²) >= 11 is 0. The van der Waals surface area contributed by atoms with Gasteiger partial charge in [-0.2, -0.15) is 0 Å². The first-order valence-corrected chi connectivity index (χ1v) is 10.6. The van der Waals surface area contributed by atoms with Crippen LogP contribution in [0.25, 0.3) is 0 Å². The second-order valence-electron chi connectivity index (χ2n) is 7.85. The fourth-order valence-electron chi connectivity index (χ4n) is 3.77. The summed E-state index contributed by atoms with van der Waals surface area (Å²) in [5.74, 6) is 2.83. The summed E-state index contributed by atoms with van der Waals surface area (Å²) in [5.41, 5.74) is 3.63. The molecule has 3 rings (SSSR count). The molecule has 0 aromatic heterocycles. The predicted octanol–water partition coefficient (Wildman–Crippen LogP) is 4.53. The second-order valence-corrected chi connectivity index (χ2v) is 7.85. The molecule has 0 amide bonds. The highest BCUT2D eigenvalue weighted by atomic mass is 127. The van der Waals surface area contributed by atoms with Crippen LogP contribution in [0.5, 0.6) is 11.5 Å². The third-order valence-electron chi connectivity index (χ3n) is 5.66. The molecule has 0 radical (unpaired) electrons. The average Bonchev–Trinajstić information content (AvgIpc) is 2.79. The lowest BCUT2D eigenvalue weighted by Gasteiger charge is -2.32. The minimum atomic E-state index is 0. The van der Waals surface area contributed by atoms with Gasteiger partial charge in [0.25, 0.3) is 0 Å². The number of aliphatic imine (C=N–C) groups is 1. The summed E-state index contributed by atoms with van der Waals surface area (Å²) in [7, 11) is 5.07. The molecule has 2 N–H and O–H groups in total. The van der Waals surface area contributed by atoms with Crippen LogP contribution in [-0.2, 0) is 6.54 Å². The number of hydrogen-bond donors (Lipinski definition) is 2. The van der Waals surface area contributed by atoms with Gasteiger partial charge in [-0.15, -0.1) is 24.0 Å². The maximum absolute atomic E-state index is 5.38. The van der Waals surface area contributed by atoms with Crippen LogP contribution >= 0.6 is 24.0 Å². The van der Waals surface area contributed by atoms with Crippen LogP contribution in [0.4, 0.5) is 5.69 Å². The third-order valence-corrected chi connectivity index (χ3v) is 5.66. The van der Waals surface area contributed by atoms with Gasteiger partial charge >= 0.3 is 0 Å². The van der Waals surface area contributed by atoms with E-state index < -0.39 is 0 Å². The molecule has 1 heterocycles. The number of nitrogens with zero attached hydrogens (tertiary/aromatic N) is 2. The highest BCUT2D eigenvalue weighted by Crippen LogP contribution is 2.29. The Morgan fingerprint density at radius 2 is 1.71 bits per heavy atom. The largest absolute Gasteiger partial charge is 0.493 e. The Morgan fingerprint density at radius 3 is 2.32 bits per heavy atom. The Bertz CT molecular complexity index is 834. The van der Waals surface area contributed by atoms with Gasteiger partial charge < -0.3 is 20.1 Å². The summed E-state index contributed by atoms with van der Waals surface area (Å²) in [5, 5.41) is 6.81. The molecule has 0 saturated carbocycles. The fraction of sp³-hybridized carbons (Fsp3) is 0.458. The first-order valence-electron chi connectivity index (χ1n) is 10.6. The maximum atomic E-state index is 5.38. The van der Waals surface area contributed by atoms with E-state index in [9.17, 15) is 0 Å². The van der Waals surface area contributed by atoms with Gasteiger partial charge in [-0.3, -0.25) is 9.89 Å². The van der Waals surface area contributed by atoms with Gasteiger partial charge in [0, 0.05) is 31.9 Å². The van der Waals surface area contributed by atoms with Crippen molar-refractivity contribution in [2.24, 2.45) is 10.9 Å². The molecule has 31 heavy (non-hydrogen) atoms. The van der Waals surface area contributed by atoms with Crippen molar-refractivity contribution >= 4 is 35.6 Å². The molecule has 0 spiro atoms. The molecule has 1 aliphatic heterocycles. The van der Waals surface area contributed by atoms with Gasteiger partial charge in [0.15, 0.2) is 17.5 Å². The summed E-state index contributed by atoms with van der Waals surface area (Å²) in [4.78, 5) is 6.91. The molecule has 2 aromatic rings. The van der Waals surface area contributed by atoms with E-state index in [4.69, 9.17) is 9.47 Å². The number of anilines is 1. The number of halogens is 1. The van der Waals surface area contributed by atoms with Crippen molar-refractivity contribution in [1.82, 2.24) is 10.2 Å². The van der Waals surface area contributed by atoms with Crippen LogP contribution in [0.15, 0.2) is 47.5 Å². The molecule has 7 heteroatoms. The van der Waals surface area contributed by atoms with Crippen LogP contribution in [0.2, 0.25) is 0 Å². The highest BCUT2D eigenvalue weighted by molar-refractivity contribution is 14.0. The summed E-state index contributed by atoms with van der Waals surface area (Å²) in [6.07, 6.45) is 2.40. The van der Waals surface area contributed by atoms with Crippen molar-refractivity contribution in [3.05, 3.63) is 53.6 Å². The Kier molecular flexibility index (Phi) is 10.4. The number of aryl methyl sites for hydroxylation is 1. The van der Waals surface area contributed by atoms with Crippen molar-refractivity contribution in [1.29, 1.82) is 0 Å². The standard InChI is InChI=1S/C24H34N4O2.HI/c1-18-5-7-20(8-6-18)17-28-13-11-19(12-14-28)16-26-24(25-2)27-21-9-10-22(29-3)23(15-21)30-4;/h5-10,15,19H,11-14,16-17H2,1-4H3,(H2,25,26,27);1H. The maximum Gasteiger partial charge on any atom is 0.195 e. The molecule has 170 valence electrons. The van der Waals surface area contributed by atoms with E-state index >= 15 is 0 Å². The van der Waals surface area contributed by atoms with Gasteiger partial charge in [-0.25, -0.2) is 0 Å². The van der Waals surface area contributed by atoms with E-state index in [1.807, 2.05) is 18.2 Å². The summed E-state index contributed by atoms with van der Waals surface area (Å²) in [6, 6.07) is 14.6. The van der Waals surface area contributed by atoms with E-state index in [1.54, 1.807) is 21.3 Å². The van der Waals surface area contributed by atoms with Crippen LogP contribution < -0.4 is 20.1 Å². The van der Waals surface area contributed by atoms with Crippen molar-refractivity contribution in [2.45, 2.75) is 26.3 Å². The Morgan fingerprint density at radius 1 is 1.03 bits per heavy atom. The minimum Gasteiger partial charge on any atom is -0.493 e. The zero-order valence-electron chi connectivity index (χ0n) is 19.0. The van der Waals surface area contributed by atoms with Crippen LogP contribution in [0.1, 0.15) is 24.0 Å². The molecule has 0 aliphatic carbocycles. The number of guanidine groups is 1. The van der Waals surface area contributed by atoms with E-state index in [2.05, 4.69) is 51.7 Å². The van der Waals surface area contributed by atoms with Crippen molar-refractivity contribution < 1.29 is 9.47 Å². The normalized spacial score (nSPS) is 15.2. The zero-order chi connectivity index (χ0) is 21.3. The highest BCUT2D eigenvalue weighted by Gasteiger charge is 2.19. The van der Waals surface area contributed by atoms with Gasteiger partial charge in [0.05, 0.1) is 14.2 Å². The van der Waals surface area contributed by atoms with Crippen LogP contribution in [0, 0.1) is 12.8 Å². The summed E-state index contributed by atoms with van der Waals surface area (Å²) < 4.78 is 10.7. The van der Waals surface area contributed by atoms with E-state index in [0.29, 0.717) is 17.4 Å². The molecule has 0 atom stereocenters. The molecule has 1 saturated heterocycles. The lowest BCUT2D eigenvalue weighted by atomic mass is 9.96. The molecular formula is C24H35IN4O2. The number of rotatable bonds is 7. The second kappa shape index (κ2) is 12.8. The quantitative estimate of drug-likeness (QED) is 0.308. The Balaban J connectivity index is 0.00000341. The zero-order valence-corrected chi connectivity index (χ0v) is 21.3. The van der Waals surface area contributed by atoms with Gasteiger partial charge in [-0.1, -0.05) is 29.8 Å². The van der Waals surface area contributed by atoms with Crippen molar-refractivity contribution in [3.63, 3.8) is 0 Å². The molecule has 1 fully saturated rings. The lowest BCUT2D eigenvalue weighted by molar-refractivity contribution is 0.178. The summed E-state index contributed by atoms with van der Waals surface area (Å²) in [6.45, 7) is 6.38. The van der Waals surface area contributed by atoms with E-state index in [0.717, 1.165) is 37.8 Å². The van der Waals surface area contributed by atoms with Gasteiger partial charge in [-0.05, 0) is 56.5 Å². The number of piperidine rings is 1. The molecule has 0 unspecified atom stereocenters. The number of methoxy groups -OCH3 is 2. The number of hydrogen-bond acceptors (Lipinski definition) is 4. The van der Waals surface area contributed by atoms with Crippen LogP contribution in [0.3, 0.4) is 0 Å². The molecule has 0 bridgehead atoms. The molecule has 1 aliphatic rings. The molecular weight excluding hydrogens is 503 g/mol. The predicted molar refractivity (Wildman–Crippen MR) is 139 cm³/mol. The third kappa shape index (κ3) is 7.57. The first-order chi connectivity index (χ1) is 14.6. The SMILES string of the molecule is CN=C(NCC1CCN(Cc2ccc(C)cc2)CC1)Nc1ccc(OC)c(OC)c1.I. The average molecular weight is 538 g/mol. The van der Waals surface area contributed by atoms with Crippen LogP contribution in [-0.4, -0.2) is 51.8 Å². The smallest absolute Gasteiger partial charge is 0.195 e. The van der Waals surface area contributed by atoms with E-state index in [1.165, 1.54) is 24.0 Å². The van der Waals surface area contributed by atoms with Crippen molar-refractivity contribution in [2.75, 3.05) is 46.2 Å². The fourth-order valence-corrected chi connectivity index (χ4v) is 3.77. The van der Waals surface area contributed by atoms with Gasteiger partial charge in [0.1, 0.15) is 0 Å². The number of benzene rings is 2. The number of nitrogens with one attached hydrogen (secondary N) is 2.